The van der Waals surface area contributed by atoms with Crippen LogP contribution in [0.1, 0.15) is 48.0 Å². The molecular weight excluding hydrogens is 318 g/mol. The molecule has 3 nitrogen and oxygen atoms in total. The van der Waals surface area contributed by atoms with Crippen molar-refractivity contribution in [3.63, 3.8) is 0 Å². The van der Waals surface area contributed by atoms with Crippen molar-refractivity contribution in [3.8, 4) is 0 Å². The third kappa shape index (κ3) is 5.14. The van der Waals surface area contributed by atoms with Gasteiger partial charge in [-0.05, 0) is 48.6 Å². The van der Waals surface area contributed by atoms with Crippen LogP contribution in [0.3, 0.4) is 0 Å². The van der Waals surface area contributed by atoms with E-state index in [4.69, 9.17) is 14.6 Å². The van der Waals surface area contributed by atoms with E-state index in [1.165, 1.54) is 0 Å². The molecule has 0 bridgehead atoms. The molecule has 2 N–H and O–H groups in total. The second-order valence-corrected chi connectivity index (χ2v) is 20.1. The Labute approximate surface area is 147 Å². The predicted molar refractivity (Wildman–Crippen MR) is 106 cm³/mol. The van der Waals surface area contributed by atoms with E-state index in [1.54, 1.807) is 0 Å². The Kier molecular flexibility index (Phi) is 6.41. The van der Waals surface area contributed by atoms with Gasteiger partial charge in [-0.2, -0.15) is 0 Å². The molecule has 0 saturated heterocycles. The van der Waals surface area contributed by atoms with E-state index in [-0.39, 0.29) is 16.1 Å². The molecule has 0 heterocycles. The van der Waals surface area contributed by atoms with Crippen molar-refractivity contribution < 1.29 is 8.85 Å². The lowest BCUT2D eigenvalue weighted by molar-refractivity contribution is 0.0323. The van der Waals surface area contributed by atoms with Crippen molar-refractivity contribution in [2.45, 2.75) is 90.3 Å². The standard InChI is InChI=1S/C18H41NO2Si2/c1-17(2,3)22(7,8)20-12-14-11-16(19)15(14)13-21-23(9,10)18(4,5)6/h14-16H,11-13,19H2,1-10H3/t14-,15+,16+/m0/s1. The molecule has 3 atom stereocenters. The number of hydrogen-bond donors (Lipinski definition) is 1. The van der Waals surface area contributed by atoms with E-state index in [0.29, 0.717) is 11.8 Å². The smallest absolute Gasteiger partial charge is 0.191 e. The summed E-state index contributed by atoms with van der Waals surface area (Å²) in [5, 5.41) is 0.528. The Hall–Kier alpha value is 0.314. The Morgan fingerprint density at radius 3 is 1.57 bits per heavy atom. The maximum absolute atomic E-state index is 6.41. The molecule has 1 aliphatic carbocycles. The van der Waals surface area contributed by atoms with Crippen molar-refractivity contribution in [2.24, 2.45) is 17.6 Å². The van der Waals surface area contributed by atoms with Gasteiger partial charge >= 0.3 is 0 Å². The summed E-state index contributed by atoms with van der Waals surface area (Å²) in [6, 6.07) is 0.285. The minimum atomic E-state index is -1.69. The summed E-state index contributed by atoms with van der Waals surface area (Å²) in [6.07, 6.45) is 1.08. The molecule has 0 amide bonds. The van der Waals surface area contributed by atoms with Crippen LogP contribution in [0.4, 0.5) is 0 Å². The lowest BCUT2D eigenvalue weighted by Crippen LogP contribution is -2.55. The van der Waals surface area contributed by atoms with E-state index in [1.807, 2.05) is 0 Å². The van der Waals surface area contributed by atoms with Gasteiger partial charge in [-0.1, -0.05) is 41.5 Å². The van der Waals surface area contributed by atoms with E-state index in [0.717, 1.165) is 19.6 Å². The van der Waals surface area contributed by atoms with Crippen LogP contribution in [0.5, 0.6) is 0 Å². The van der Waals surface area contributed by atoms with Gasteiger partial charge in [0.2, 0.25) is 0 Å². The van der Waals surface area contributed by atoms with Crippen LogP contribution in [0.25, 0.3) is 0 Å². The minimum Gasteiger partial charge on any atom is -0.417 e. The Morgan fingerprint density at radius 2 is 1.22 bits per heavy atom. The molecule has 0 aromatic heterocycles. The first-order valence-electron chi connectivity index (χ1n) is 9.12. The third-order valence-corrected chi connectivity index (χ3v) is 15.6. The quantitative estimate of drug-likeness (QED) is 0.679. The molecule has 1 aliphatic rings. The largest absolute Gasteiger partial charge is 0.417 e. The van der Waals surface area contributed by atoms with Crippen molar-refractivity contribution in [2.75, 3.05) is 13.2 Å². The zero-order valence-corrected chi connectivity index (χ0v) is 19.2. The molecule has 23 heavy (non-hydrogen) atoms. The number of nitrogens with two attached hydrogens (primary N) is 1. The van der Waals surface area contributed by atoms with Crippen LogP contribution in [0, 0.1) is 11.8 Å². The summed E-state index contributed by atoms with van der Waals surface area (Å²) < 4.78 is 12.8. The van der Waals surface area contributed by atoms with Crippen LogP contribution in [0.2, 0.25) is 36.3 Å². The van der Waals surface area contributed by atoms with E-state index < -0.39 is 16.6 Å². The van der Waals surface area contributed by atoms with Gasteiger partial charge in [0.25, 0.3) is 0 Å². The van der Waals surface area contributed by atoms with Crippen molar-refractivity contribution >= 4 is 16.6 Å². The first kappa shape index (κ1) is 21.4. The van der Waals surface area contributed by atoms with E-state index in [2.05, 4.69) is 67.7 Å². The molecule has 1 fully saturated rings. The van der Waals surface area contributed by atoms with Gasteiger partial charge in [-0.15, -0.1) is 0 Å². The fraction of sp³-hybridized carbons (Fsp3) is 1.00. The van der Waals surface area contributed by atoms with Gasteiger partial charge in [0, 0.05) is 25.2 Å². The highest BCUT2D eigenvalue weighted by molar-refractivity contribution is 6.74. The average Bonchev–Trinajstić information content (AvgIpc) is 2.31. The highest BCUT2D eigenvalue weighted by atomic mass is 28.4. The van der Waals surface area contributed by atoms with Crippen LogP contribution in [0.15, 0.2) is 0 Å². The summed E-state index contributed by atoms with van der Waals surface area (Å²) >= 11 is 0. The topological polar surface area (TPSA) is 44.5 Å². The Morgan fingerprint density at radius 1 is 0.826 bits per heavy atom. The van der Waals surface area contributed by atoms with Gasteiger partial charge in [0.15, 0.2) is 16.6 Å². The Balaban J connectivity index is 2.55. The highest BCUT2D eigenvalue weighted by Gasteiger charge is 2.44. The average molecular weight is 360 g/mol. The molecule has 0 aromatic rings. The first-order chi connectivity index (χ1) is 10.1. The summed E-state index contributed by atoms with van der Waals surface area (Å²) in [6.45, 7) is 24.7. The third-order valence-electron chi connectivity index (χ3n) is 6.64. The number of hydrogen-bond acceptors (Lipinski definition) is 3. The summed E-state index contributed by atoms with van der Waals surface area (Å²) in [5.74, 6) is 1.04. The summed E-state index contributed by atoms with van der Waals surface area (Å²) in [7, 11) is -3.35. The molecule has 0 aliphatic heterocycles. The second-order valence-electron chi connectivity index (χ2n) is 10.5. The minimum absolute atomic E-state index is 0.258. The molecule has 0 unspecified atom stereocenters. The van der Waals surface area contributed by atoms with E-state index in [9.17, 15) is 0 Å². The van der Waals surface area contributed by atoms with Crippen LogP contribution >= 0.6 is 0 Å². The van der Waals surface area contributed by atoms with Crippen molar-refractivity contribution in [1.29, 1.82) is 0 Å². The van der Waals surface area contributed by atoms with Crippen LogP contribution < -0.4 is 5.73 Å². The SMILES string of the molecule is CC(C)(C)[Si](C)(C)OC[C@@H]1C[C@@H](N)[C@@H]1CO[Si](C)(C)C(C)(C)C. The molecule has 0 radical (unpaired) electrons. The molecule has 138 valence electrons. The van der Waals surface area contributed by atoms with E-state index >= 15 is 0 Å². The molecular formula is C18H41NO2Si2. The molecule has 0 spiro atoms. The van der Waals surface area contributed by atoms with Gasteiger partial charge in [-0.25, -0.2) is 0 Å². The Bertz CT molecular complexity index is 397. The van der Waals surface area contributed by atoms with Gasteiger partial charge in [0.05, 0.1) is 0 Å². The van der Waals surface area contributed by atoms with Crippen molar-refractivity contribution in [1.82, 2.24) is 0 Å². The fourth-order valence-electron chi connectivity index (χ4n) is 2.36. The number of rotatable bonds is 6. The zero-order valence-electron chi connectivity index (χ0n) is 17.2. The zero-order chi connectivity index (χ0) is 18.3. The van der Waals surface area contributed by atoms with Gasteiger partial charge < -0.3 is 14.6 Å². The normalized spacial score (nSPS) is 27.0. The maximum Gasteiger partial charge on any atom is 0.191 e. The summed E-state index contributed by atoms with van der Waals surface area (Å²) in [5.41, 5.74) is 6.27. The summed E-state index contributed by atoms with van der Waals surface area (Å²) in [4.78, 5) is 0. The molecule has 1 rings (SSSR count). The molecule has 5 heteroatoms. The van der Waals surface area contributed by atoms with Crippen LogP contribution in [-0.4, -0.2) is 35.9 Å². The molecule has 0 aromatic carbocycles. The van der Waals surface area contributed by atoms with Gasteiger partial charge in [-0.3, -0.25) is 0 Å². The second kappa shape index (κ2) is 6.91. The van der Waals surface area contributed by atoms with Gasteiger partial charge in [0.1, 0.15) is 0 Å². The predicted octanol–water partition coefficient (Wildman–Crippen LogP) is 4.99. The maximum atomic E-state index is 6.41. The highest BCUT2D eigenvalue weighted by Crippen LogP contribution is 2.41. The molecule has 1 saturated carbocycles. The first-order valence-corrected chi connectivity index (χ1v) is 14.9. The monoisotopic (exact) mass is 359 g/mol. The van der Waals surface area contributed by atoms with Crippen LogP contribution in [-0.2, 0) is 8.85 Å². The lowest BCUT2D eigenvalue weighted by Gasteiger charge is -2.47. The lowest BCUT2D eigenvalue weighted by atomic mass is 9.70. The van der Waals surface area contributed by atoms with Crippen molar-refractivity contribution in [3.05, 3.63) is 0 Å². The fourth-order valence-corrected chi connectivity index (χ4v) is 4.46.